The number of nitrogens with zero attached hydrogens (tertiary/aromatic N) is 1. The SMILES string of the molecule is COc1ccc(N(C)S(=O)(=O)c2ccc3ccccc3c2)cc1OC. The molecule has 0 aliphatic heterocycles. The van der Waals surface area contributed by atoms with Crippen LogP contribution >= 0.6 is 0 Å². The minimum atomic E-state index is -3.69. The molecule has 0 spiro atoms. The highest BCUT2D eigenvalue weighted by Crippen LogP contribution is 2.33. The third-order valence-corrected chi connectivity index (χ3v) is 5.89. The van der Waals surface area contributed by atoms with Crippen LogP contribution in [-0.4, -0.2) is 29.7 Å². The lowest BCUT2D eigenvalue weighted by atomic mass is 10.1. The number of methoxy groups -OCH3 is 2. The zero-order valence-corrected chi connectivity index (χ0v) is 15.1. The summed E-state index contributed by atoms with van der Waals surface area (Å²) in [6, 6.07) is 17.8. The van der Waals surface area contributed by atoms with Gasteiger partial charge in [-0.25, -0.2) is 8.42 Å². The molecular weight excluding hydrogens is 338 g/mol. The summed E-state index contributed by atoms with van der Waals surface area (Å²) < 4.78 is 37.7. The molecule has 0 aliphatic carbocycles. The van der Waals surface area contributed by atoms with Crippen molar-refractivity contribution in [3.05, 3.63) is 60.7 Å². The van der Waals surface area contributed by atoms with E-state index in [1.165, 1.54) is 25.6 Å². The summed E-state index contributed by atoms with van der Waals surface area (Å²) in [5, 5.41) is 1.87. The molecule has 3 aromatic carbocycles. The standard InChI is InChI=1S/C19H19NO4S/c1-20(16-9-11-18(23-2)19(13-16)24-3)25(21,22)17-10-8-14-6-4-5-7-15(14)12-17/h4-13H,1-3H3. The summed E-state index contributed by atoms with van der Waals surface area (Å²) in [4.78, 5) is 0.239. The second-order valence-corrected chi connectivity index (χ2v) is 7.49. The fourth-order valence-corrected chi connectivity index (χ4v) is 3.87. The molecule has 0 aromatic heterocycles. The zero-order valence-electron chi connectivity index (χ0n) is 14.3. The van der Waals surface area contributed by atoms with Gasteiger partial charge in [0.2, 0.25) is 0 Å². The van der Waals surface area contributed by atoms with Crippen molar-refractivity contribution in [2.45, 2.75) is 4.90 Å². The Morgan fingerprint density at radius 1 is 0.800 bits per heavy atom. The molecule has 0 aliphatic rings. The van der Waals surface area contributed by atoms with Gasteiger partial charge < -0.3 is 9.47 Å². The quantitative estimate of drug-likeness (QED) is 0.699. The molecule has 25 heavy (non-hydrogen) atoms. The van der Waals surface area contributed by atoms with Gasteiger partial charge in [0.15, 0.2) is 11.5 Å². The first kappa shape index (κ1) is 17.1. The fraction of sp³-hybridized carbons (Fsp3) is 0.158. The number of rotatable bonds is 5. The molecule has 0 saturated carbocycles. The average molecular weight is 357 g/mol. The summed E-state index contributed by atoms with van der Waals surface area (Å²) in [5.74, 6) is 1.02. The minimum Gasteiger partial charge on any atom is -0.493 e. The Morgan fingerprint density at radius 3 is 2.16 bits per heavy atom. The fourth-order valence-electron chi connectivity index (χ4n) is 2.65. The van der Waals surface area contributed by atoms with Crippen molar-refractivity contribution in [3.63, 3.8) is 0 Å². The first-order valence-corrected chi connectivity index (χ1v) is 9.11. The second kappa shape index (κ2) is 6.64. The molecule has 0 atom stereocenters. The number of ether oxygens (including phenoxy) is 2. The molecular formula is C19H19NO4S. The number of benzene rings is 3. The summed E-state index contributed by atoms with van der Waals surface area (Å²) in [6.45, 7) is 0. The summed E-state index contributed by atoms with van der Waals surface area (Å²) in [6.07, 6.45) is 0. The van der Waals surface area contributed by atoms with Gasteiger partial charge in [-0.05, 0) is 35.0 Å². The predicted molar refractivity (Wildman–Crippen MR) is 99.1 cm³/mol. The Bertz CT molecular complexity index is 1010. The molecule has 0 unspecified atom stereocenters. The monoisotopic (exact) mass is 357 g/mol. The molecule has 6 heteroatoms. The van der Waals surface area contributed by atoms with Gasteiger partial charge in [0.1, 0.15) is 0 Å². The van der Waals surface area contributed by atoms with Crippen molar-refractivity contribution >= 4 is 26.5 Å². The van der Waals surface area contributed by atoms with Gasteiger partial charge >= 0.3 is 0 Å². The van der Waals surface area contributed by atoms with Gasteiger partial charge in [0.05, 0.1) is 24.8 Å². The third-order valence-electron chi connectivity index (χ3n) is 4.11. The predicted octanol–water partition coefficient (Wildman–Crippen LogP) is 3.68. The molecule has 0 saturated heterocycles. The van der Waals surface area contributed by atoms with E-state index >= 15 is 0 Å². The number of hydrogen-bond donors (Lipinski definition) is 0. The Morgan fingerprint density at radius 2 is 1.48 bits per heavy atom. The van der Waals surface area contributed by atoms with E-state index < -0.39 is 10.0 Å². The average Bonchev–Trinajstić information content (AvgIpc) is 2.66. The van der Waals surface area contributed by atoms with Crippen LogP contribution in [0.25, 0.3) is 10.8 Å². The molecule has 0 bridgehead atoms. The van der Waals surface area contributed by atoms with E-state index in [4.69, 9.17) is 9.47 Å². The summed E-state index contributed by atoms with van der Waals surface area (Å²) in [5.41, 5.74) is 0.491. The third kappa shape index (κ3) is 3.13. The minimum absolute atomic E-state index is 0.239. The first-order valence-electron chi connectivity index (χ1n) is 7.67. The van der Waals surface area contributed by atoms with E-state index in [-0.39, 0.29) is 4.90 Å². The maximum atomic E-state index is 13.0. The zero-order chi connectivity index (χ0) is 18.0. The first-order chi connectivity index (χ1) is 12.0. The number of sulfonamides is 1. The van der Waals surface area contributed by atoms with E-state index in [9.17, 15) is 8.42 Å². The van der Waals surface area contributed by atoms with Crippen LogP contribution in [0.3, 0.4) is 0 Å². The Labute approximate surface area is 147 Å². The highest BCUT2D eigenvalue weighted by molar-refractivity contribution is 7.92. The van der Waals surface area contributed by atoms with Crippen LogP contribution in [0.2, 0.25) is 0 Å². The van der Waals surface area contributed by atoms with E-state index in [1.54, 1.807) is 30.3 Å². The summed E-state index contributed by atoms with van der Waals surface area (Å²) in [7, 11) is 0.877. The van der Waals surface area contributed by atoms with Gasteiger partial charge in [-0.2, -0.15) is 0 Å². The Kier molecular flexibility index (Phi) is 4.55. The molecule has 130 valence electrons. The lowest BCUT2D eigenvalue weighted by molar-refractivity contribution is 0.355. The lowest BCUT2D eigenvalue weighted by Crippen LogP contribution is -2.26. The number of hydrogen-bond acceptors (Lipinski definition) is 4. The Balaban J connectivity index is 2.03. The van der Waals surface area contributed by atoms with Crippen molar-refractivity contribution in [2.24, 2.45) is 0 Å². The van der Waals surface area contributed by atoms with Crippen molar-refractivity contribution in [1.82, 2.24) is 0 Å². The molecule has 0 N–H and O–H groups in total. The molecule has 0 amide bonds. The van der Waals surface area contributed by atoms with E-state index in [2.05, 4.69) is 0 Å². The maximum absolute atomic E-state index is 13.0. The van der Waals surface area contributed by atoms with Gasteiger partial charge in [-0.3, -0.25) is 4.31 Å². The number of anilines is 1. The molecule has 0 radical (unpaired) electrons. The normalized spacial score (nSPS) is 11.3. The van der Waals surface area contributed by atoms with Crippen LogP contribution < -0.4 is 13.8 Å². The second-order valence-electron chi connectivity index (χ2n) is 5.52. The van der Waals surface area contributed by atoms with Crippen LogP contribution in [0.5, 0.6) is 11.5 Å². The van der Waals surface area contributed by atoms with E-state index in [1.807, 2.05) is 30.3 Å². The smallest absolute Gasteiger partial charge is 0.264 e. The van der Waals surface area contributed by atoms with Gasteiger partial charge in [0.25, 0.3) is 10.0 Å². The molecule has 0 heterocycles. The number of fused-ring (bicyclic) bond motifs is 1. The van der Waals surface area contributed by atoms with Crippen molar-refractivity contribution in [1.29, 1.82) is 0 Å². The largest absolute Gasteiger partial charge is 0.493 e. The van der Waals surface area contributed by atoms with E-state index in [0.717, 1.165) is 10.8 Å². The van der Waals surface area contributed by atoms with Gasteiger partial charge in [-0.1, -0.05) is 30.3 Å². The van der Waals surface area contributed by atoms with E-state index in [0.29, 0.717) is 17.2 Å². The molecule has 5 nitrogen and oxygen atoms in total. The van der Waals surface area contributed by atoms with Crippen LogP contribution in [0, 0.1) is 0 Å². The maximum Gasteiger partial charge on any atom is 0.264 e. The van der Waals surface area contributed by atoms with Gasteiger partial charge in [0, 0.05) is 13.1 Å². The van der Waals surface area contributed by atoms with Crippen LogP contribution in [-0.2, 0) is 10.0 Å². The highest BCUT2D eigenvalue weighted by atomic mass is 32.2. The van der Waals surface area contributed by atoms with Crippen LogP contribution in [0.4, 0.5) is 5.69 Å². The summed E-state index contributed by atoms with van der Waals surface area (Å²) >= 11 is 0. The van der Waals surface area contributed by atoms with Gasteiger partial charge in [-0.15, -0.1) is 0 Å². The topological polar surface area (TPSA) is 55.8 Å². The highest BCUT2D eigenvalue weighted by Gasteiger charge is 2.22. The molecule has 3 aromatic rings. The molecule has 0 fully saturated rings. The van der Waals surface area contributed by atoms with Crippen molar-refractivity contribution < 1.29 is 17.9 Å². The van der Waals surface area contributed by atoms with Crippen LogP contribution in [0.15, 0.2) is 65.6 Å². The molecule has 3 rings (SSSR count). The van der Waals surface area contributed by atoms with Crippen LogP contribution in [0.1, 0.15) is 0 Å². The Hall–Kier alpha value is -2.73. The van der Waals surface area contributed by atoms with Crippen molar-refractivity contribution in [2.75, 3.05) is 25.6 Å². The lowest BCUT2D eigenvalue weighted by Gasteiger charge is -2.21. The van der Waals surface area contributed by atoms with Crippen molar-refractivity contribution in [3.8, 4) is 11.5 Å².